The van der Waals surface area contributed by atoms with Crippen LogP contribution >= 0.6 is 0 Å². The minimum absolute atomic E-state index is 0.0792. The van der Waals surface area contributed by atoms with Crippen LogP contribution in [0, 0.1) is 6.92 Å². The van der Waals surface area contributed by atoms with E-state index in [4.69, 9.17) is 4.74 Å². The van der Waals surface area contributed by atoms with Crippen LogP contribution < -0.4 is 10.1 Å². The smallest absolute Gasteiger partial charge is 0.265 e. The van der Waals surface area contributed by atoms with Crippen LogP contribution in [0.1, 0.15) is 23.6 Å². The molecule has 1 fully saturated rings. The van der Waals surface area contributed by atoms with Gasteiger partial charge in [-0.25, -0.2) is 0 Å². The van der Waals surface area contributed by atoms with Gasteiger partial charge >= 0.3 is 0 Å². The Labute approximate surface area is 160 Å². The molecule has 2 aliphatic rings. The molecule has 1 saturated heterocycles. The Bertz CT molecular complexity index is 828. The lowest BCUT2D eigenvalue weighted by molar-refractivity contribution is -0.122. The molecule has 2 aromatic carbocycles. The molecule has 0 radical (unpaired) electrons. The molecule has 4 rings (SSSR count). The second kappa shape index (κ2) is 7.71. The number of nitrogens with one attached hydrogen (secondary N) is 1. The lowest BCUT2D eigenvalue weighted by Crippen LogP contribution is -2.45. The summed E-state index contributed by atoms with van der Waals surface area (Å²) in [5, 5.41) is 2.94. The highest BCUT2D eigenvalue weighted by Gasteiger charge is 2.24. The van der Waals surface area contributed by atoms with Crippen LogP contribution in [-0.4, -0.2) is 48.0 Å². The van der Waals surface area contributed by atoms with Gasteiger partial charge in [-0.2, -0.15) is 0 Å². The van der Waals surface area contributed by atoms with Crippen molar-refractivity contribution in [3.8, 4) is 5.75 Å². The molecule has 27 heavy (non-hydrogen) atoms. The number of hydrogen-bond donors (Lipinski definition) is 1. The van der Waals surface area contributed by atoms with E-state index in [1.165, 1.54) is 16.7 Å². The van der Waals surface area contributed by atoms with Crippen LogP contribution in [-0.2, 0) is 17.9 Å². The summed E-state index contributed by atoms with van der Waals surface area (Å²) < 4.78 is 5.64. The number of benzene rings is 2. The van der Waals surface area contributed by atoms with Crippen molar-refractivity contribution in [3.05, 3.63) is 59.2 Å². The summed E-state index contributed by atoms with van der Waals surface area (Å²) in [6.45, 7) is 10.1. The molecular weight excluding hydrogens is 338 g/mol. The molecule has 1 N–H and O–H groups in total. The Morgan fingerprint density at radius 3 is 2.33 bits per heavy atom. The largest absolute Gasteiger partial charge is 0.479 e. The van der Waals surface area contributed by atoms with Gasteiger partial charge in [0.15, 0.2) is 6.10 Å². The van der Waals surface area contributed by atoms with Crippen molar-refractivity contribution >= 4 is 11.6 Å². The average molecular weight is 365 g/mol. The van der Waals surface area contributed by atoms with E-state index in [1.54, 1.807) is 6.92 Å². The zero-order valence-corrected chi connectivity index (χ0v) is 16.1. The highest BCUT2D eigenvalue weighted by molar-refractivity contribution is 5.97. The maximum absolute atomic E-state index is 11.8. The summed E-state index contributed by atoms with van der Waals surface area (Å²) >= 11 is 0. The molecular formula is C22H27N3O2. The molecule has 1 amide bonds. The molecule has 0 bridgehead atoms. The predicted octanol–water partition coefficient (Wildman–Crippen LogP) is 3.03. The van der Waals surface area contributed by atoms with E-state index in [9.17, 15) is 4.79 Å². The number of nitrogens with zero attached hydrogens (tertiary/aromatic N) is 2. The zero-order valence-electron chi connectivity index (χ0n) is 16.1. The third kappa shape index (κ3) is 4.31. The molecule has 0 spiro atoms. The predicted molar refractivity (Wildman–Crippen MR) is 107 cm³/mol. The van der Waals surface area contributed by atoms with E-state index >= 15 is 0 Å². The first-order chi connectivity index (χ1) is 13.1. The van der Waals surface area contributed by atoms with Crippen LogP contribution in [0.15, 0.2) is 42.5 Å². The van der Waals surface area contributed by atoms with Crippen molar-refractivity contribution in [2.75, 3.05) is 31.5 Å². The number of carbonyl (C=O) groups excluding carboxylic acids is 1. The van der Waals surface area contributed by atoms with Crippen molar-refractivity contribution in [3.63, 3.8) is 0 Å². The van der Waals surface area contributed by atoms with Crippen LogP contribution in [0.4, 0.5) is 5.69 Å². The quantitative estimate of drug-likeness (QED) is 0.905. The lowest BCUT2D eigenvalue weighted by Gasteiger charge is -2.35. The van der Waals surface area contributed by atoms with Crippen LogP contribution in [0.5, 0.6) is 5.75 Å². The fraction of sp³-hybridized carbons (Fsp3) is 0.409. The number of hydrogen-bond acceptors (Lipinski definition) is 4. The summed E-state index contributed by atoms with van der Waals surface area (Å²) in [4.78, 5) is 16.8. The lowest BCUT2D eigenvalue weighted by atomic mass is 10.1. The van der Waals surface area contributed by atoms with E-state index in [1.807, 2.05) is 12.1 Å². The monoisotopic (exact) mass is 365 g/mol. The first-order valence-electron chi connectivity index (χ1n) is 9.67. The molecule has 1 atom stereocenters. The van der Waals surface area contributed by atoms with Gasteiger partial charge in [0.1, 0.15) is 5.75 Å². The van der Waals surface area contributed by atoms with E-state index < -0.39 is 6.10 Å². The fourth-order valence-electron chi connectivity index (χ4n) is 3.79. The topological polar surface area (TPSA) is 44.8 Å². The van der Waals surface area contributed by atoms with Crippen molar-refractivity contribution in [2.45, 2.75) is 33.0 Å². The standard InChI is InChI=1S/C22H27N3O2/c1-16-4-3-5-18(12-16)14-24-8-10-25(11-9-24)15-19-6-7-21-20(13-19)23-22(26)17(2)27-21/h3-7,12-13,17H,8-11,14-15H2,1-2H3,(H,23,26). The number of piperazine rings is 1. The highest BCUT2D eigenvalue weighted by atomic mass is 16.5. The Hall–Kier alpha value is -2.37. The SMILES string of the molecule is Cc1cccc(CN2CCN(Cc3ccc4c(c3)NC(=O)C(C)O4)CC2)c1. The van der Waals surface area contributed by atoms with Crippen LogP contribution in [0.2, 0.25) is 0 Å². The second-order valence-corrected chi connectivity index (χ2v) is 7.62. The number of anilines is 1. The molecule has 5 heteroatoms. The minimum atomic E-state index is -0.426. The second-order valence-electron chi connectivity index (χ2n) is 7.62. The number of aryl methyl sites for hydroxylation is 1. The molecule has 2 aliphatic heterocycles. The molecule has 0 aromatic heterocycles. The Morgan fingerprint density at radius 1 is 1.00 bits per heavy atom. The van der Waals surface area contributed by atoms with Crippen molar-refractivity contribution in [1.29, 1.82) is 0 Å². The summed E-state index contributed by atoms with van der Waals surface area (Å²) in [6, 6.07) is 14.9. The third-order valence-electron chi connectivity index (χ3n) is 5.33. The molecule has 142 valence electrons. The average Bonchev–Trinajstić information content (AvgIpc) is 2.65. The fourth-order valence-corrected chi connectivity index (χ4v) is 3.79. The highest BCUT2D eigenvalue weighted by Crippen LogP contribution is 2.30. The molecule has 2 heterocycles. The molecule has 2 aromatic rings. The van der Waals surface area contributed by atoms with Gasteiger partial charge in [0, 0.05) is 39.3 Å². The Balaban J connectivity index is 1.32. The third-order valence-corrected chi connectivity index (χ3v) is 5.33. The molecule has 5 nitrogen and oxygen atoms in total. The maximum atomic E-state index is 11.8. The van der Waals surface area contributed by atoms with Crippen molar-refractivity contribution in [2.24, 2.45) is 0 Å². The van der Waals surface area contributed by atoms with Gasteiger partial charge in [-0.15, -0.1) is 0 Å². The van der Waals surface area contributed by atoms with Crippen LogP contribution in [0.3, 0.4) is 0 Å². The number of fused-ring (bicyclic) bond motifs is 1. The van der Waals surface area contributed by atoms with Crippen molar-refractivity contribution in [1.82, 2.24) is 9.80 Å². The van der Waals surface area contributed by atoms with Gasteiger partial charge in [-0.05, 0) is 37.1 Å². The van der Waals surface area contributed by atoms with Gasteiger partial charge < -0.3 is 10.1 Å². The number of carbonyl (C=O) groups is 1. The maximum Gasteiger partial charge on any atom is 0.265 e. The summed E-state index contributed by atoms with van der Waals surface area (Å²) in [7, 11) is 0. The number of ether oxygens (including phenoxy) is 1. The first kappa shape index (κ1) is 18.0. The van der Waals surface area contributed by atoms with E-state index in [0.29, 0.717) is 0 Å². The molecule has 0 aliphatic carbocycles. The number of rotatable bonds is 4. The van der Waals surface area contributed by atoms with E-state index in [-0.39, 0.29) is 5.91 Å². The molecule has 1 unspecified atom stereocenters. The molecule has 0 saturated carbocycles. The van der Waals surface area contributed by atoms with Gasteiger partial charge in [-0.1, -0.05) is 35.9 Å². The normalized spacial score (nSPS) is 20.7. The van der Waals surface area contributed by atoms with Gasteiger partial charge in [0.25, 0.3) is 5.91 Å². The minimum Gasteiger partial charge on any atom is -0.479 e. The summed E-state index contributed by atoms with van der Waals surface area (Å²) in [5.74, 6) is 0.679. The number of amides is 1. The van der Waals surface area contributed by atoms with Crippen LogP contribution in [0.25, 0.3) is 0 Å². The van der Waals surface area contributed by atoms with E-state index in [2.05, 4.69) is 52.4 Å². The van der Waals surface area contributed by atoms with Gasteiger partial charge in [-0.3, -0.25) is 14.6 Å². The summed E-state index contributed by atoms with van der Waals surface area (Å²) in [5.41, 5.74) is 4.71. The van der Waals surface area contributed by atoms with Gasteiger partial charge in [0.2, 0.25) is 0 Å². The zero-order chi connectivity index (χ0) is 18.8. The Kier molecular flexibility index (Phi) is 5.14. The van der Waals surface area contributed by atoms with Gasteiger partial charge in [0.05, 0.1) is 5.69 Å². The Morgan fingerprint density at radius 2 is 1.67 bits per heavy atom. The van der Waals surface area contributed by atoms with E-state index in [0.717, 1.165) is 50.7 Å². The summed E-state index contributed by atoms with van der Waals surface area (Å²) in [6.07, 6.45) is -0.426. The first-order valence-corrected chi connectivity index (χ1v) is 9.67. The van der Waals surface area contributed by atoms with Crippen molar-refractivity contribution < 1.29 is 9.53 Å².